The largest absolute Gasteiger partial charge is 0.313 e. The smallest absolute Gasteiger partial charge is 0.0345 e. The maximum absolute atomic E-state index is 3.64. The molecule has 0 saturated carbocycles. The van der Waals surface area contributed by atoms with Gasteiger partial charge in [-0.3, -0.25) is 0 Å². The molecule has 0 bridgehead atoms. The van der Waals surface area contributed by atoms with Crippen molar-refractivity contribution < 1.29 is 0 Å². The normalized spacial score (nSPS) is 13.2. The van der Waals surface area contributed by atoms with Crippen LogP contribution in [0, 0.1) is 5.92 Å². The lowest BCUT2D eigenvalue weighted by Gasteiger charge is -2.18. The Morgan fingerprint density at radius 1 is 1.20 bits per heavy atom. The standard InChI is InChI=1S/C17H25NS2/c1-4-18-15(12-19-10-13(2)3)9-14-11-20-17-8-6-5-7-16(14)17/h5-8,11,13,15,18H,4,9-10,12H2,1-3H3. The molecular weight excluding hydrogens is 282 g/mol. The van der Waals surface area contributed by atoms with Crippen molar-refractivity contribution in [3.63, 3.8) is 0 Å². The van der Waals surface area contributed by atoms with Crippen molar-refractivity contribution in [3.8, 4) is 0 Å². The average molecular weight is 308 g/mol. The van der Waals surface area contributed by atoms with Crippen LogP contribution in [0.2, 0.25) is 0 Å². The van der Waals surface area contributed by atoms with Crippen LogP contribution in [0.1, 0.15) is 26.3 Å². The Morgan fingerprint density at radius 2 is 2.00 bits per heavy atom. The fourth-order valence-electron chi connectivity index (χ4n) is 2.38. The molecule has 0 aliphatic heterocycles. The van der Waals surface area contributed by atoms with E-state index in [4.69, 9.17) is 0 Å². The summed E-state index contributed by atoms with van der Waals surface area (Å²) in [5.41, 5.74) is 1.50. The molecule has 1 N–H and O–H groups in total. The first-order valence-electron chi connectivity index (χ1n) is 7.47. The van der Waals surface area contributed by atoms with Crippen LogP contribution in [-0.4, -0.2) is 24.1 Å². The Morgan fingerprint density at radius 3 is 2.75 bits per heavy atom. The molecular formula is C17H25NS2. The molecule has 0 aliphatic carbocycles. The molecule has 3 heteroatoms. The van der Waals surface area contributed by atoms with E-state index in [1.54, 1.807) is 0 Å². The zero-order chi connectivity index (χ0) is 14.4. The van der Waals surface area contributed by atoms with Crippen molar-refractivity contribution in [1.82, 2.24) is 5.32 Å². The van der Waals surface area contributed by atoms with Crippen molar-refractivity contribution in [1.29, 1.82) is 0 Å². The lowest BCUT2D eigenvalue weighted by molar-refractivity contribution is 0.574. The van der Waals surface area contributed by atoms with Crippen LogP contribution in [-0.2, 0) is 6.42 Å². The molecule has 110 valence electrons. The number of fused-ring (bicyclic) bond motifs is 1. The average Bonchev–Trinajstić information content (AvgIpc) is 2.82. The molecule has 1 aromatic heterocycles. The van der Waals surface area contributed by atoms with Gasteiger partial charge in [0.25, 0.3) is 0 Å². The number of hydrogen-bond acceptors (Lipinski definition) is 3. The number of rotatable bonds is 8. The fourth-order valence-corrected chi connectivity index (χ4v) is 4.48. The topological polar surface area (TPSA) is 12.0 Å². The molecule has 2 rings (SSSR count). The van der Waals surface area contributed by atoms with Crippen LogP contribution < -0.4 is 5.32 Å². The highest BCUT2D eigenvalue weighted by molar-refractivity contribution is 7.99. The summed E-state index contributed by atoms with van der Waals surface area (Å²) < 4.78 is 1.41. The van der Waals surface area contributed by atoms with Gasteiger partial charge in [0.05, 0.1) is 0 Å². The van der Waals surface area contributed by atoms with Crippen LogP contribution in [0.15, 0.2) is 29.6 Å². The predicted molar refractivity (Wildman–Crippen MR) is 95.2 cm³/mol. The third-order valence-corrected chi connectivity index (χ3v) is 5.84. The van der Waals surface area contributed by atoms with Gasteiger partial charge in [-0.2, -0.15) is 11.8 Å². The Balaban J connectivity index is 1.99. The Kier molecular flexibility index (Phi) is 6.40. The summed E-state index contributed by atoms with van der Waals surface area (Å²) in [5.74, 6) is 3.24. The Bertz CT molecular complexity index is 518. The third-order valence-electron chi connectivity index (χ3n) is 3.29. The zero-order valence-corrected chi connectivity index (χ0v) is 14.3. The monoisotopic (exact) mass is 307 g/mol. The van der Waals surface area contributed by atoms with E-state index in [0.29, 0.717) is 6.04 Å². The summed E-state index contributed by atoms with van der Waals surface area (Å²) in [4.78, 5) is 0. The number of hydrogen-bond donors (Lipinski definition) is 1. The van der Waals surface area contributed by atoms with E-state index in [9.17, 15) is 0 Å². The van der Waals surface area contributed by atoms with Gasteiger partial charge in [-0.05, 0) is 47.0 Å². The Hall–Kier alpha value is -0.510. The molecule has 1 atom stereocenters. The van der Waals surface area contributed by atoms with E-state index in [2.05, 4.69) is 67.5 Å². The van der Waals surface area contributed by atoms with Gasteiger partial charge in [0, 0.05) is 16.5 Å². The predicted octanol–water partition coefficient (Wildman–Crippen LogP) is 4.81. The zero-order valence-electron chi connectivity index (χ0n) is 12.7. The van der Waals surface area contributed by atoms with E-state index in [1.165, 1.54) is 27.2 Å². The highest BCUT2D eigenvalue weighted by atomic mass is 32.2. The minimum Gasteiger partial charge on any atom is -0.313 e. The van der Waals surface area contributed by atoms with Crippen LogP contribution in [0.25, 0.3) is 10.1 Å². The molecule has 1 unspecified atom stereocenters. The highest BCUT2D eigenvalue weighted by Crippen LogP contribution is 2.27. The van der Waals surface area contributed by atoms with E-state index >= 15 is 0 Å². The quantitative estimate of drug-likeness (QED) is 0.751. The minimum atomic E-state index is 0.585. The van der Waals surface area contributed by atoms with Crippen molar-refractivity contribution in [3.05, 3.63) is 35.2 Å². The summed E-state index contributed by atoms with van der Waals surface area (Å²) in [7, 11) is 0. The number of likely N-dealkylation sites (N-methyl/N-ethyl adjacent to an activating group) is 1. The minimum absolute atomic E-state index is 0.585. The molecule has 1 aromatic carbocycles. The fraction of sp³-hybridized carbons (Fsp3) is 0.529. The van der Waals surface area contributed by atoms with E-state index < -0.39 is 0 Å². The second-order valence-electron chi connectivity index (χ2n) is 5.65. The molecule has 0 spiro atoms. The number of benzene rings is 1. The van der Waals surface area contributed by atoms with Gasteiger partial charge in [-0.1, -0.05) is 39.0 Å². The van der Waals surface area contributed by atoms with Crippen molar-refractivity contribution in [2.45, 2.75) is 33.2 Å². The van der Waals surface area contributed by atoms with Gasteiger partial charge in [-0.25, -0.2) is 0 Å². The van der Waals surface area contributed by atoms with Crippen LogP contribution in [0.4, 0.5) is 0 Å². The summed E-state index contributed by atoms with van der Waals surface area (Å²) >= 11 is 3.95. The van der Waals surface area contributed by atoms with Gasteiger partial charge in [0.2, 0.25) is 0 Å². The van der Waals surface area contributed by atoms with Gasteiger partial charge >= 0.3 is 0 Å². The SMILES string of the molecule is CCNC(CSCC(C)C)Cc1csc2ccccc12. The Labute approximate surface area is 131 Å². The molecule has 0 fully saturated rings. The first kappa shape index (κ1) is 15.9. The molecule has 0 radical (unpaired) electrons. The van der Waals surface area contributed by atoms with E-state index in [1.807, 2.05) is 11.3 Å². The van der Waals surface area contributed by atoms with E-state index in [-0.39, 0.29) is 0 Å². The summed E-state index contributed by atoms with van der Waals surface area (Å²) in [6.07, 6.45) is 1.14. The second kappa shape index (κ2) is 8.06. The number of nitrogens with one attached hydrogen (secondary N) is 1. The van der Waals surface area contributed by atoms with Gasteiger partial charge in [0.1, 0.15) is 0 Å². The number of thiophene rings is 1. The molecule has 1 nitrogen and oxygen atoms in total. The third kappa shape index (κ3) is 4.51. The molecule has 20 heavy (non-hydrogen) atoms. The molecule has 2 aromatic rings. The van der Waals surface area contributed by atoms with Crippen LogP contribution in [0.3, 0.4) is 0 Å². The lowest BCUT2D eigenvalue weighted by atomic mass is 10.1. The number of thioether (sulfide) groups is 1. The molecule has 1 heterocycles. The maximum Gasteiger partial charge on any atom is 0.0345 e. The van der Waals surface area contributed by atoms with Crippen molar-refractivity contribution in [2.75, 3.05) is 18.1 Å². The summed E-state index contributed by atoms with van der Waals surface area (Å²) in [5, 5.41) is 7.42. The van der Waals surface area contributed by atoms with E-state index in [0.717, 1.165) is 18.9 Å². The highest BCUT2D eigenvalue weighted by Gasteiger charge is 2.12. The van der Waals surface area contributed by atoms with Gasteiger partial charge < -0.3 is 5.32 Å². The summed E-state index contributed by atoms with van der Waals surface area (Å²) in [6, 6.07) is 9.34. The van der Waals surface area contributed by atoms with Crippen molar-refractivity contribution >= 4 is 33.2 Å². The first-order valence-corrected chi connectivity index (χ1v) is 9.50. The molecule has 0 saturated heterocycles. The van der Waals surface area contributed by atoms with Crippen LogP contribution in [0.5, 0.6) is 0 Å². The van der Waals surface area contributed by atoms with Gasteiger partial charge in [-0.15, -0.1) is 11.3 Å². The second-order valence-corrected chi connectivity index (χ2v) is 7.63. The van der Waals surface area contributed by atoms with Crippen molar-refractivity contribution in [2.24, 2.45) is 5.92 Å². The maximum atomic E-state index is 3.64. The summed E-state index contributed by atoms with van der Waals surface area (Å²) in [6.45, 7) is 7.84. The van der Waals surface area contributed by atoms with Crippen LogP contribution >= 0.6 is 23.1 Å². The lowest BCUT2D eigenvalue weighted by Crippen LogP contribution is -2.33. The molecule has 0 aliphatic rings. The van der Waals surface area contributed by atoms with Gasteiger partial charge in [0.15, 0.2) is 0 Å². The first-order chi connectivity index (χ1) is 9.70. The molecule has 0 amide bonds.